The second-order valence-corrected chi connectivity index (χ2v) is 6.45. The van der Waals surface area contributed by atoms with Crippen molar-refractivity contribution in [2.24, 2.45) is 0 Å². The number of aromatic amines is 1. The van der Waals surface area contributed by atoms with Gasteiger partial charge in [-0.25, -0.2) is 4.98 Å². The monoisotopic (exact) mass is 409 g/mol. The Labute approximate surface area is 175 Å². The van der Waals surface area contributed by atoms with Gasteiger partial charge >= 0.3 is 29.7 Å². The minimum Gasteiger partial charge on any atom is -1.00 e. The molecule has 2 heterocycles. The van der Waals surface area contributed by atoms with Gasteiger partial charge in [-0.15, -0.1) is 0 Å². The Balaban J connectivity index is 0.00000261. The van der Waals surface area contributed by atoms with Gasteiger partial charge in [0, 0.05) is 18.3 Å². The van der Waals surface area contributed by atoms with Gasteiger partial charge in [-0.05, 0) is 12.1 Å². The number of nitrogens with one attached hydrogen (secondary N) is 1. The molecule has 3 aromatic rings. The Kier molecular flexibility index (Phi) is 7.33. The summed E-state index contributed by atoms with van der Waals surface area (Å²) in [5, 5.41) is 0.195. The summed E-state index contributed by atoms with van der Waals surface area (Å²) >= 11 is 0. The molecule has 0 amide bonds. The van der Waals surface area contributed by atoms with Crippen molar-refractivity contribution < 1.29 is 30.1 Å². The predicted octanol–water partition coefficient (Wildman–Crippen LogP) is 2.73. The maximum absolute atomic E-state index is 12.6. The van der Waals surface area contributed by atoms with Gasteiger partial charge in [0.05, 0.1) is 47.5 Å². The van der Waals surface area contributed by atoms with E-state index in [1.807, 2.05) is 0 Å². The molecular weight excluding hydrogens is 393 g/mol. The van der Waals surface area contributed by atoms with Crippen LogP contribution in [0.4, 0.5) is 8.78 Å². The topological polar surface area (TPSA) is 86.3 Å². The number of pyridine rings is 1. The smallest absolute Gasteiger partial charge is 1.00 e. The molecule has 3 rings (SSSR count). The molecule has 0 bridgehead atoms. The molecule has 0 aliphatic rings. The van der Waals surface area contributed by atoms with Crippen LogP contribution in [0.25, 0.3) is 11.0 Å². The van der Waals surface area contributed by atoms with Gasteiger partial charge in [0.25, 0.3) is 0 Å². The van der Waals surface area contributed by atoms with Crippen molar-refractivity contribution in [1.29, 1.82) is 0 Å². The summed E-state index contributed by atoms with van der Waals surface area (Å²) in [6, 6.07) is 5.89. The first kappa shape index (κ1) is 21.3. The molecule has 11 heteroatoms. The summed E-state index contributed by atoms with van der Waals surface area (Å²) in [4.78, 5) is 11.3. The second-order valence-electron chi connectivity index (χ2n) is 5.08. The number of benzene rings is 1. The van der Waals surface area contributed by atoms with Crippen molar-refractivity contribution in [3.63, 3.8) is 0 Å². The number of halogens is 2. The van der Waals surface area contributed by atoms with E-state index in [2.05, 4.69) is 19.7 Å². The number of H-pyrrole nitrogens is 1. The van der Waals surface area contributed by atoms with Crippen molar-refractivity contribution in [3.05, 3.63) is 36.2 Å². The van der Waals surface area contributed by atoms with Crippen LogP contribution in [-0.2, 0) is 16.6 Å². The number of rotatable bonds is 7. The number of ether oxygens (including phenoxy) is 3. The van der Waals surface area contributed by atoms with E-state index >= 15 is 0 Å². The van der Waals surface area contributed by atoms with Crippen LogP contribution in [0.1, 0.15) is 8.55 Å². The Morgan fingerprint density at radius 2 is 2.04 bits per heavy atom. The van der Waals surface area contributed by atoms with E-state index in [0.717, 1.165) is 0 Å². The first-order valence-electron chi connectivity index (χ1n) is 7.40. The van der Waals surface area contributed by atoms with Gasteiger partial charge in [-0.1, -0.05) is 0 Å². The summed E-state index contributed by atoms with van der Waals surface area (Å²) in [6.07, 6.45) is 1.53. The summed E-state index contributed by atoms with van der Waals surface area (Å²) in [5.41, 5.74) is 1.38. The van der Waals surface area contributed by atoms with E-state index in [1.165, 1.54) is 38.6 Å². The quantitative estimate of drug-likeness (QED) is 0.604. The zero-order chi connectivity index (χ0) is 18.7. The van der Waals surface area contributed by atoms with Crippen LogP contribution in [-0.4, -0.2) is 63.0 Å². The predicted molar refractivity (Wildman–Crippen MR) is 98.2 cm³/mol. The van der Waals surface area contributed by atoms with E-state index in [0.29, 0.717) is 28.2 Å². The van der Waals surface area contributed by atoms with Gasteiger partial charge in [0.1, 0.15) is 5.75 Å². The maximum atomic E-state index is 12.6. The van der Waals surface area contributed by atoms with Crippen molar-refractivity contribution in [2.45, 2.75) is 17.5 Å². The SMILES string of the molecule is COc1ccnc(C[S@](=O)c2nc3ccc(OC(F)F)cc3[nH]2)c1OC.[H-].[H-].[Mg+2]. The van der Waals surface area contributed by atoms with Crippen molar-refractivity contribution in [2.75, 3.05) is 14.2 Å². The van der Waals surface area contributed by atoms with E-state index in [4.69, 9.17) is 9.47 Å². The van der Waals surface area contributed by atoms with E-state index in [1.54, 1.807) is 6.07 Å². The number of aromatic nitrogens is 3. The average Bonchev–Trinajstić information content (AvgIpc) is 3.04. The third-order valence-corrected chi connectivity index (χ3v) is 4.67. The molecule has 0 saturated carbocycles. The third kappa shape index (κ3) is 4.85. The molecule has 0 radical (unpaired) electrons. The number of hydrogen-bond acceptors (Lipinski definition) is 6. The fourth-order valence-electron chi connectivity index (χ4n) is 2.40. The minimum atomic E-state index is -2.92. The minimum absolute atomic E-state index is 0. The fraction of sp³-hybridized carbons (Fsp3) is 0.250. The van der Waals surface area contributed by atoms with Crippen LogP contribution in [0.15, 0.2) is 35.6 Å². The largest absolute Gasteiger partial charge is 2.00 e. The van der Waals surface area contributed by atoms with Gasteiger partial charge in [-0.3, -0.25) is 9.19 Å². The summed E-state index contributed by atoms with van der Waals surface area (Å²) in [6.45, 7) is -2.92. The van der Waals surface area contributed by atoms with E-state index in [9.17, 15) is 13.0 Å². The summed E-state index contributed by atoms with van der Waals surface area (Å²) in [7, 11) is 1.41. The molecule has 27 heavy (non-hydrogen) atoms. The molecule has 0 aliphatic heterocycles. The van der Waals surface area contributed by atoms with E-state index in [-0.39, 0.29) is 42.6 Å². The van der Waals surface area contributed by atoms with Crippen LogP contribution in [0, 0.1) is 0 Å². The molecule has 1 N–H and O–H groups in total. The van der Waals surface area contributed by atoms with Gasteiger partial charge in [0.2, 0.25) is 0 Å². The van der Waals surface area contributed by atoms with Gasteiger partial charge in [0.15, 0.2) is 16.7 Å². The molecule has 142 valence electrons. The second kappa shape index (κ2) is 9.29. The Hall–Kier alpha value is -1.98. The van der Waals surface area contributed by atoms with Crippen LogP contribution in [0.3, 0.4) is 0 Å². The zero-order valence-electron chi connectivity index (χ0n) is 16.6. The first-order valence-corrected chi connectivity index (χ1v) is 8.72. The zero-order valence-corrected chi connectivity index (χ0v) is 16.8. The number of hydrogen-bond donors (Lipinski definition) is 1. The number of imidazole rings is 1. The average molecular weight is 410 g/mol. The maximum Gasteiger partial charge on any atom is 2.00 e. The van der Waals surface area contributed by atoms with Crippen LogP contribution in [0.2, 0.25) is 0 Å². The summed E-state index contributed by atoms with van der Waals surface area (Å²) in [5.74, 6) is 0.908. The standard InChI is InChI=1S/C16H15F2N3O4S.Mg.2H/c1-23-13-5-6-19-12(14(13)24-2)8-26(22)16-20-10-4-3-9(25-15(17)18)7-11(10)21-16;;;/h3-7,15H,8H2,1-2H3,(H,20,21);;;/q;+2;2*-1/t26-;;;/m0.../s1. The normalized spacial score (nSPS) is 11.9. The van der Waals surface area contributed by atoms with E-state index < -0.39 is 17.4 Å². The molecule has 0 aliphatic carbocycles. The van der Waals surface area contributed by atoms with Crippen molar-refractivity contribution in [3.8, 4) is 17.2 Å². The molecule has 7 nitrogen and oxygen atoms in total. The molecule has 0 unspecified atom stereocenters. The first-order chi connectivity index (χ1) is 12.5. The summed E-state index contributed by atoms with van der Waals surface area (Å²) < 4.78 is 52.1. The number of methoxy groups -OCH3 is 2. The molecule has 0 saturated heterocycles. The van der Waals surface area contributed by atoms with Crippen LogP contribution in [0.5, 0.6) is 17.2 Å². The molecule has 0 spiro atoms. The van der Waals surface area contributed by atoms with Crippen molar-refractivity contribution >= 4 is 44.9 Å². The Morgan fingerprint density at radius 3 is 2.70 bits per heavy atom. The number of alkyl halides is 2. The number of fused-ring (bicyclic) bond motifs is 1. The Morgan fingerprint density at radius 1 is 1.26 bits per heavy atom. The van der Waals surface area contributed by atoms with Crippen molar-refractivity contribution in [1.82, 2.24) is 15.0 Å². The van der Waals surface area contributed by atoms with Crippen LogP contribution >= 0.6 is 0 Å². The molecule has 2 aromatic heterocycles. The van der Waals surface area contributed by atoms with Gasteiger partial charge < -0.3 is 22.0 Å². The Bertz CT molecular complexity index is 965. The molecule has 1 aromatic carbocycles. The van der Waals surface area contributed by atoms with Crippen LogP contribution < -0.4 is 14.2 Å². The molecule has 0 fully saturated rings. The molecule has 1 atom stereocenters. The third-order valence-electron chi connectivity index (χ3n) is 3.51. The van der Waals surface area contributed by atoms with Gasteiger partial charge in [-0.2, -0.15) is 8.78 Å². The number of nitrogens with zero attached hydrogens (tertiary/aromatic N) is 2. The molecular formula is C16H17F2MgN3O4S. The fourth-order valence-corrected chi connectivity index (χ4v) is 3.41.